The quantitative estimate of drug-likeness (QED) is 0.649. The average Bonchev–Trinajstić information content (AvgIpc) is 2.33. The summed E-state index contributed by atoms with van der Waals surface area (Å²) in [4.78, 5) is 20.9. The lowest BCUT2D eigenvalue weighted by atomic mass is 10.2. The van der Waals surface area contributed by atoms with Crippen LogP contribution in [0, 0.1) is 0 Å². The summed E-state index contributed by atoms with van der Waals surface area (Å²) in [6.45, 7) is 1.34. The molecule has 0 saturated heterocycles. The molecule has 1 heterocycles. The summed E-state index contributed by atoms with van der Waals surface area (Å²) in [5, 5.41) is 8.37. The highest BCUT2D eigenvalue weighted by atomic mass is 16.4. The number of ketones is 1. The van der Waals surface area contributed by atoms with Gasteiger partial charge in [0.25, 0.3) is 0 Å². The maximum Gasteiger partial charge on any atom is 0.371 e. The molecule has 0 unspecified atom stereocenters. The van der Waals surface area contributed by atoms with E-state index < -0.39 is 5.97 Å². The van der Waals surface area contributed by atoms with Crippen LogP contribution in [-0.2, 0) is 0 Å². The first-order valence-corrected chi connectivity index (χ1v) is 2.94. The molecule has 4 heteroatoms. The monoisotopic (exact) mass is 154 g/mol. The molecule has 11 heavy (non-hydrogen) atoms. The number of carbonyl (C=O) groups excluding carboxylic acids is 1. The van der Waals surface area contributed by atoms with Crippen LogP contribution in [0.2, 0.25) is 0 Å². The Morgan fingerprint density at radius 1 is 1.55 bits per heavy atom. The van der Waals surface area contributed by atoms with Gasteiger partial charge in [0.1, 0.15) is 6.26 Å². The van der Waals surface area contributed by atoms with E-state index in [9.17, 15) is 9.59 Å². The van der Waals surface area contributed by atoms with Gasteiger partial charge in [-0.05, 0) is 6.92 Å². The van der Waals surface area contributed by atoms with Crippen molar-refractivity contribution in [1.82, 2.24) is 0 Å². The van der Waals surface area contributed by atoms with E-state index in [2.05, 4.69) is 4.42 Å². The second-order valence-electron chi connectivity index (χ2n) is 2.06. The Kier molecular flexibility index (Phi) is 1.76. The van der Waals surface area contributed by atoms with E-state index in [1.165, 1.54) is 13.0 Å². The fourth-order valence-corrected chi connectivity index (χ4v) is 0.633. The summed E-state index contributed by atoms with van der Waals surface area (Å²) in [6.07, 6.45) is 1.13. The van der Waals surface area contributed by atoms with Gasteiger partial charge in [0.15, 0.2) is 5.78 Å². The molecule has 0 aliphatic rings. The zero-order valence-corrected chi connectivity index (χ0v) is 5.83. The molecule has 0 bridgehead atoms. The zero-order valence-electron chi connectivity index (χ0n) is 5.83. The molecule has 0 spiro atoms. The molecular formula is C7H6O4. The number of aromatic carboxylic acids is 1. The van der Waals surface area contributed by atoms with Gasteiger partial charge in [-0.1, -0.05) is 0 Å². The number of hydrogen-bond donors (Lipinski definition) is 1. The Labute approximate surface area is 62.4 Å². The third-order valence-corrected chi connectivity index (χ3v) is 1.22. The SMILES string of the molecule is CC(=O)c1coc(C(=O)O)c1. The van der Waals surface area contributed by atoms with Gasteiger partial charge in [0.05, 0.1) is 5.56 Å². The minimum absolute atomic E-state index is 0.207. The smallest absolute Gasteiger partial charge is 0.371 e. The summed E-state index contributed by atoms with van der Waals surface area (Å²) in [5.74, 6) is -1.59. The van der Waals surface area contributed by atoms with Crippen molar-refractivity contribution in [3.8, 4) is 0 Å². The van der Waals surface area contributed by atoms with E-state index in [4.69, 9.17) is 5.11 Å². The fourth-order valence-electron chi connectivity index (χ4n) is 0.633. The molecule has 0 atom stereocenters. The molecule has 0 saturated carbocycles. The zero-order chi connectivity index (χ0) is 8.43. The third kappa shape index (κ3) is 1.46. The van der Waals surface area contributed by atoms with Crippen molar-refractivity contribution in [2.24, 2.45) is 0 Å². The van der Waals surface area contributed by atoms with E-state index in [0.717, 1.165) is 6.26 Å². The van der Waals surface area contributed by atoms with Gasteiger partial charge in [-0.2, -0.15) is 0 Å². The van der Waals surface area contributed by atoms with Crippen molar-refractivity contribution in [2.45, 2.75) is 6.92 Å². The van der Waals surface area contributed by atoms with Crippen molar-refractivity contribution in [3.05, 3.63) is 23.7 Å². The van der Waals surface area contributed by atoms with Crippen molar-refractivity contribution in [3.63, 3.8) is 0 Å². The first kappa shape index (κ1) is 7.53. The highest BCUT2D eigenvalue weighted by Crippen LogP contribution is 2.07. The number of furan rings is 1. The normalized spacial score (nSPS) is 9.55. The standard InChI is InChI=1S/C7H6O4/c1-4(8)5-2-6(7(9)10)11-3-5/h2-3H,1H3,(H,9,10). The van der Waals surface area contributed by atoms with Crippen LogP contribution in [0.4, 0.5) is 0 Å². The summed E-state index contributed by atoms with van der Waals surface area (Å²) < 4.78 is 4.57. The van der Waals surface area contributed by atoms with E-state index in [1.807, 2.05) is 0 Å². The van der Waals surface area contributed by atoms with Gasteiger partial charge in [0.2, 0.25) is 5.76 Å². The second-order valence-corrected chi connectivity index (χ2v) is 2.06. The number of rotatable bonds is 2. The predicted molar refractivity (Wildman–Crippen MR) is 35.7 cm³/mol. The molecule has 0 amide bonds. The van der Waals surface area contributed by atoms with Crippen LogP contribution in [0.25, 0.3) is 0 Å². The topological polar surface area (TPSA) is 67.5 Å². The van der Waals surface area contributed by atoms with Crippen LogP contribution in [0.5, 0.6) is 0 Å². The van der Waals surface area contributed by atoms with Crippen molar-refractivity contribution < 1.29 is 19.1 Å². The van der Waals surface area contributed by atoms with Crippen LogP contribution in [-0.4, -0.2) is 16.9 Å². The number of hydrogen-bond acceptors (Lipinski definition) is 3. The molecule has 58 valence electrons. The number of carbonyl (C=O) groups is 2. The van der Waals surface area contributed by atoms with Gasteiger partial charge in [-0.15, -0.1) is 0 Å². The van der Waals surface area contributed by atoms with E-state index in [1.54, 1.807) is 0 Å². The van der Waals surface area contributed by atoms with Crippen LogP contribution in [0.3, 0.4) is 0 Å². The maximum absolute atomic E-state index is 10.6. The van der Waals surface area contributed by atoms with Crippen LogP contribution in [0.15, 0.2) is 16.7 Å². The van der Waals surface area contributed by atoms with Gasteiger partial charge >= 0.3 is 5.97 Å². The molecule has 0 fully saturated rings. The molecule has 1 N–H and O–H groups in total. The minimum Gasteiger partial charge on any atom is -0.475 e. The largest absolute Gasteiger partial charge is 0.475 e. The van der Waals surface area contributed by atoms with Crippen molar-refractivity contribution in [1.29, 1.82) is 0 Å². The first-order valence-electron chi connectivity index (χ1n) is 2.94. The fraction of sp³-hybridized carbons (Fsp3) is 0.143. The molecule has 1 aromatic rings. The Bertz CT molecular complexity index is 269. The Morgan fingerprint density at radius 3 is 2.45 bits per heavy atom. The van der Waals surface area contributed by atoms with Crippen molar-refractivity contribution >= 4 is 11.8 Å². The number of carboxylic acid groups (broad SMARTS) is 1. The second kappa shape index (κ2) is 2.57. The summed E-state index contributed by atoms with van der Waals surface area (Å²) in [7, 11) is 0. The van der Waals surface area contributed by atoms with E-state index in [-0.39, 0.29) is 17.1 Å². The lowest BCUT2D eigenvalue weighted by molar-refractivity contribution is 0.0662. The molecule has 1 rings (SSSR count). The van der Waals surface area contributed by atoms with Crippen LogP contribution < -0.4 is 0 Å². The lowest BCUT2D eigenvalue weighted by Gasteiger charge is -1.80. The summed E-state index contributed by atoms with van der Waals surface area (Å²) in [5.41, 5.74) is 0.280. The third-order valence-electron chi connectivity index (χ3n) is 1.22. The predicted octanol–water partition coefficient (Wildman–Crippen LogP) is 1.18. The van der Waals surface area contributed by atoms with E-state index in [0.29, 0.717) is 0 Å². The average molecular weight is 154 g/mol. The lowest BCUT2D eigenvalue weighted by Crippen LogP contribution is -1.93. The maximum atomic E-state index is 10.6. The molecule has 0 aliphatic carbocycles. The Morgan fingerprint density at radius 2 is 2.18 bits per heavy atom. The molecule has 0 radical (unpaired) electrons. The van der Waals surface area contributed by atoms with Crippen LogP contribution in [0.1, 0.15) is 27.8 Å². The van der Waals surface area contributed by atoms with Crippen molar-refractivity contribution in [2.75, 3.05) is 0 Å². The summed E-state index contributed by atoms with van der Waals surface area (Å²) >= 11 is 0. The van der Waals surface area contributed by atoms with Gasteiger partial charge in [0, 0.05) is 6.07 Å². The minimum atomic E-state index is -1.17. The van der Waals surface area contributed by atoms with Gasteiger partial charge in [-0.3, -0.25) is 4.79 Å². The van der Waals surface area contributed by atoms with E-state index >= 15 is 0 Å². The Hall–Kier alpha value is -1.58. The molecule has 1 aromatic heterocycles. The number of Topliss-reactive ketones (excluding diaryl/α,β-unsaturated/α-hetero) is 1. The summed E-state index contributed by atoms with van der Waals surface area (Å²) in [6, 6.07) is 1.20. The van der Waals surface area contributed by atoms with Crippen LogP contribution >= 0.6 is 0 Å². The highest BCUT2D eigenvalue weighted by Gasteiger charge is 2.10. The molecule has 4 nitrogen and oxygen atoms in total. The number of carboxylic acids is 1. The molecular weight excluding hydrogens is 148 g/mol. The first-order chi connectivity index (χ1) is 5.11. The molecule has 0 aromatic carbocycles. The molecule has 0 aliphatic heterocycles. The van der Waals surface area contributed by atoms with Gasteiger partial charge < -0.3 is 9.52 Å². The van der Waals surface area contributed by atoms with Gasteiger partial charge in [-0.25, -0.2) is 4.79 Å². The Balaban J connectivity index is 2.99. The highest BCUT2D eigenvalue weighted by molar-refractivity contribution is 5.96.